The number of anilines is 1. The average molecular weight is 572 g/mol. The van der Waals surface area contributed by atoms with Crippen molar-refractivity contribution in [3.05, 3.63) is 123 Å². The largest absolute Gasteiger partial charge is 0.487 e. The molecule has 0 heterocycles. The third kappa shape index (κ3) is 6.11. The highest BCUT2D eigenvalue weighted by Gasteiger charge is 2.15. The maximum Gasteiger partial charge on any atom is 0.266 e. The Morgan fingerprint density at radius 1 is 1.11 bits per heavy atom. The van der Waals surface area contributed by atoms with Gasteiger partial charge in [-0.2, -0.15) is 5.26 Å². The van der Waals surface area contributed by atoms with Crippen LogP contribution in [0.5, 0.6) is 5.75 Å². The van der Waals surface area contributed by atoms with Gasteiger partial charge < -0.3 is 10.1 Å². The van der Waals surface area contributed by atoms with Crippen LogP contribution in [0, 0.1) is 18.3 Å². The first-order chi connectivity index (χ1) is 17.9. The molecule has 4 nitrogen and oxygen atoms in total. The Balaban J connectivity index is 1.61. The molecule has 0 unspecified atom stereocenters. The van der Waals surface area contributed by atoms with Gasteiger partial charge in [-0.25, -0.2) is 0 Å². The molecule has 4 aromatic carbocycles. The molecule has 0 aliphatic heterocycles. The minimum atomic E-state index is -0.509. The number of halogens is 2. The smallest absolute Gasteiger partial charge is 0.266 e. The summed E-state index contributed by atoms with van der Waals surface area (Å²) >= 11 is 9.78. The van der Waals surface area contributed by atoms with Crippen molar-refractivity contribution in [2.75, 3.05) is 5.32 Å². The molecular formula is C31H24BrClN2O2. The summed E-state index contributed by atoms with van der Waals surface area (Å²) in [6.45, 7) is 6.07. The molecule has 0 aromatic heterocycles. The molecule has 1 N–H and O–H groups in total. The highest BCUT2D eigenvalue weighted by atomic mass is 79.9. The van der Waals surface area contributed by atoms with Gasteiger partial charge in [-0.3, -0.25) is 4.79 Å². The number of carbonyl (C=O) groups excluding carboxylic acids is 1. The number of ether oxygens (including phenoxy) is 1. The molecule has 0 aliphatic carbocycles. The van der Waals surface area contributed by atoms with Gasteiger partial charge in [-0.1, -0.05) is 66.2 Å². The topological polar surface area (TPSA) is 62.1 Å². The van der Waals surface area contributed by atoms with Crippen molar-refractivity contribution in [2.24, 2.45) is 0 Å². The second-order valence-electron chi connectivity index (χ2n) is 8.45. The number of nitriles is 1. The predicted molar refractivity (Wildman–Crippen MR) is 155 cm³/mol. The number of benzene rings is 4. The lowest BCUT2D eigenvalue weighted by Crippen LogP contribution is -2.14. The van der Waals surface area contributed by atoms with E-state index in [4.69, 9.17) is 16.3 Å². The van der Waals surface area contributed by atoms with Crippen molar-refractivity contribution in [1.29, 1.82) is 5.26 Å². The van der Waals surface area contributed by atoms with E-state index in [-0.39, 0.29) is 5.57 Å². The fraction of sp³-hybridized carbons (Fsp3) is 0.0968. The van der Waals surface area contributed by atoms with Crippen LogP contribution in [0.15, 0.2) is 95.5 Å². The summed E-state index contributed by atoms with van der Waals surface area (Å²) in [4.78, 5) is 12.8. The van der Waals surface area contributed by atoms with Crippen LogP contribution in [0.3, 0.4) is 0 Å². The molecule has 0 aliphatic rings. The van der Waals surface area contributed by atoms with Gasteiger partial charge in [0.2, 0.25) is 0 Å². The molecule has 0 spiro atoms. The van der Waals surface area contributed by atoms with Crippen LogP contribution in [0.2, 0.25) is 5.02 Å². The maximum absolute atomic E-state index is 12.8. The van der Waals surface area contributed by atoms with Crippen LogP contribution in [-0.4, -0.2) is 5.91 Å². The summed E-state index contributed by atoms with van der Waals surface area (Å²) in [5, 5.41) is 15.3. The molecule has 0 fully saturated rings. The van der Waals surface area contributed by atoms with Crippen LogP contribution in [-0.2, 0) is 17.8 Å². The van der Waals surface area contributed by atoms with Gasteiger partial charge in [0.15, 0.2) is 0 Å². The molecule has 0 radical (unpaired) electrons. The molecule has 4 rings (SSSR count). The number of nitrogens with zero attached hydrogens (tertiary/aromatic N) is 1. The van der Waals surface area contributed by atoms with Gasteiger partial charge in [-0.15, -0.1) is 6.58 Å². The van der Waals surface area contributed by atoms with E-state index in [9.17, 15) is 10.1 Å². The highest BCUT2D eigenvalue weighted by molar-refractivity contribution is 9.10. The van der Waals surface area contributed by atoms with Gasteiger partial charge in [-0.05, 0) is 92.6 Å². The van der Waals surface area contributed by atoms with Crippen molar-refractivity contribution >= 4 is 56.0 Å². The number of amides is 1. The minimum Gasteiger partial charge on any atom is -0.487 e. The summed E-state index contributed by atoms with van der Waals surface area (Å²) in [6, 6.07) is 25.3. The minimum absolute atomic E-state index is 0.0275. The van der Waals surface area contributed by atoms with Crippen LogP contribution in [0.1, 0.15) is 22.3 Å². The second kappa shape index (κ2) is 11.9. The van der Waals surface area contributed by atoms with E-state index in [1.165, 1.54) is 0 Å². The molecule has 1 amide bonds. The average Bonchev–Trinajstić information content (AvgIpc) is 2.89. The Morgan fingerprint density at radius 3 is 2.65 bits per heavy atom. The van der Waals surface area contributed by atoms with Gasteiger partial charge >= 0.3 is 0 Å². The quantitative estimate of drug-likeness (QED) is 0.131. The van der Waals surface area contributed by atoms with E-state index in [0.717, 1.165) is 31.9 Å². The summed E-state index contributed by atoms with van der Waals surface area (Å²) in [5.41, 5.74) is 3.93. The van der Waals surface area contributed by atoms with Crippen LogP contribution in [0.4, 0.5) is 5.69 Å². The van der Waals surface area contributed by atoms with E-state index >= 15 is 0 Å². The second-order valence-corrected chi connectivity index (χ2v) is 9.71. The van der Waals surface area contributed by atoms with E-state index in [1.54, 1.807) is 30.4 Å². The first kappa shape index (κ1) is 26.2. The molecule has 4 aromatic rings. The number of hydrogen-bond acceptors (Lipinski definition) is 3. The summed E-state index contributed by atoms with van der Waals surface area (Å²) in [7, 11) is 0. The Kier molecular flexibility index (Phi) is 8.45. The lowest BCUT2D eigenvalue weighted by Gasteiger charge is -2.15. The molecular weight excluding hydrogens is 548 g/mol. The SMILES string of the molecule is C=CCc1cc(/C=C(/C#N)C(=O)Nc2cccc(Cl)c2C)cc(Br)c1OCc1cccc2ccccc12. The monoisotopic (exact) mass is 570 g/mol. The molecule has 6 heteroatoms. The zero-order chi connectivity index (χ0) is 26.4. The fourth-order valence-electron chi connectivity index (χ4n) is 4.04. The number of hydrogen-bond donors (Lipinski definition) is 1. The van der Waals surface area contributed by atoms with Crippen LogP contribution in [0.25, 0.3) is 16.8 Å². The number of nitrogens with one attached hydrogen (secondary N) is 1. The van der Waals surface area contributed by atoms with E-state index < -0.39 is 5.91 Å². The van der Waals surface area contributed by atoms with Gasteiger partial charge in [0.1, 0.15) is 24.0 Å². The van der Waals surface area contributed by atoms with Crippen molar-refractivity contribution < 1.29 is 9.53 Å². The van der Waals surface area contributed by atoms with Crippen LogP contribution >= 0.6 is 27.5 Å². The highest BCUT2D eigenvalue weighted by Crippen LogP contribution is 2.34. The summed E-state index contributed by atoms with van der Waals surface area (Å²) < 4.78 is 7.00. The standard InChI is InChI=1S/C31H24BrClN2O2/c1-3-8-23-15-21(16-25(18-34)31(36)35-29-14-7-13-28(33)20(29)2)17-27(32)30(23)37-19-24-11-6-10-22-9-4-5-12-26(22)24/h3-7,9-17H,1,8,19H2,2H3,(H,35,36)/b25-16-. The number of rotatable bonds is 8. The first-order valence-electron chi connectivity index (χ1n) is 11.6. The Bertz CT molecular complexity index is 1560. The first-order valence-corrected chi connectivity index (χ1v) is 12.8. The summed E-state index contributed by atoms with van der Waals surface area (Å²) in [6.07, 6.45) is 3.90. The van der Waals surface area contributed by atoms with Crippen molar-refractivity contribution in [1.82, 2.24) is 0 Å². The zero-order valence-corrected chi connectivity index (χ0v) is 22.6. The van der Waals surface area contributed by atoms with E-state index in [0.29, 0.717) is 35.1 Å². The normalized spacial score (nSPS) is 11.1. The van der Waals surface area contributed by atoms with Crippen molar-refractivity contribution in [3.8, 4) is 11.8 Å². The number of fused-ring (bicyclic) bond motifs is 1. The number of allylic oxidation sites excluding steroid dienone is 1. The third-order valence-electron chi connectivity index (χ3n) is 5.95. The molecule has 184 valence electrons. The lowest BCUT2D eigenvalue weighted by atomic mass is 10.0. The van der Waals surface area contributed by atoms with Gasteiger partial charge in [0.25, 0.3) is 5.91 Å². The van der Waals surface area contributed by atoms with Gasteiger partial charge in [0.05, 0.1) is 4.47 Å². The molecule has 0 bridgehead atoms. The van der Waals surface area contributed by atoms with Crippen molar-refractivity contribution in [2.45, 2.75) is 20.0 Å². The summed E-state index contributed by atoms with van der Waals surface area (Å²) in [5.74, 6) is 0.188. The fourth-order valence-corrected chi connectivity index (χ4v) is 4.85. The lowest BCUT2D eigenvalue weighted by molar-refractivity contribution is -0.112. The third-order valence-corrected chi connectivity index (χ3v) is 6.95. The van der Waals surface area contributed by atoms with Gasteiger partial charge in [0, 0.05) is 10.7 Å². The molecule has 0 atom stereocenters. The van der Waals surface area contributed by atoms with Crippen LogP contribution < -0.4 is 10.1 Å². The molecule has 0 saturated heterocycles. The Labute approximate surface area is 230 Å². The number of carbonyl (C=O) groups is 1. The Morgan fingerprint density at radius 2 is 1.86 bits per heavy atom. The van der Waals surface area contributed by atoms with Crippen molar-refractivity contribution in [3.63, 3.8) is 0 Å². The van der Waals surface area contributed by atoms with E-state index in [1.807, 2.05) is 43.3 Å². The molecule has 0 saturated carbocycles. The van der Waals surface area contributed by atoms with E-state index in [2.05, 4.69) is 52.1 Å². The zero-order valence-electron chi connectivity index (χ0n) is 20.2. The molecule has 37 heavy (non-hydrogen) atoms. The predicted octanol–water partition coefficient (Wildman–Crippen LogP) is 8.42. The maximum atomic E-state index is 12.8. The Hall–Kier alpha value is -3.85.